The normalized spacial score (nSPS) is 14.6. The van der Waals surface area contributed by atoms with Gasteiger partial charge in [-0.3, -0.25) is 4.79 Å². The quantitative estimate of drug-likeness (QED) is 0.823. The molecule has 0 bridgehead atoms. The van der Waals surface area contributed by atoms with Crippen molar-refractivity contribution >= 4 is 5.97 Å². The van der Waals surface area contributed by atoms with Gasteiger partial charge in [-0.15, -0.1) is 0 Å². The van der Waals surface area contributed by atoms with E-state index in [1.807, 2.05) is 37.4 Å². The molecule has 0 saturated heterocycles. The van der Waals surface area contributed by atoms with Gasteiger partial charge in [0.2, 0.25) is 0 Å². The van der Waals surface area contributed by atoms with E-state index < -0.39 is 11.4 Å². The summed E-state index contributed by atoms with van der Waals surface area (Å²) in [5.41, 5.74) is 0.0148. The molecule has 0 heterocycles. The second kappa shape index (κ2) is 5.82. The Balaban J connectivity index is 2.94. The van der Waals surface area contributed by atoms with Crippen LogP contribution in [0.5, 0.6) is 0 Å². The van der Waals surface area contributed by atoms with E-state index in [-0.39, 0.29) is 0 Å². The van der Waals surface area contributed by atoms with Gasteiger partial charge in [0, 0.05) is 6.54 Å². The van der Waals surface area contributed by atoms with E-state index in [2.05, 4.69) is 11.8 Å². The van der Waals surface area contributed by atoms with Crippen LogP contribution in [0.4, 0.5) is 0 Å². The van der Waals surface area contributed by atoms with Crippen molar-refractivity contribution in [1.82, 2.24) is 4.90 Å². The van der Waals surface area contributed by atoms with Crippen LogP contribution in [0.3, 0.4) is 0 Å². The van der Waals surface area contributed by atoms with Crippen molar-refractivity contribution < 1.29 is 9.90 Å². The molecule has 0 spiro atoms. The van der Waals surface area contributed by atoms with Crippen LogP contribution in [0.25, 0.3) is 0 Å². The van der Waals surface area contributed by atoms with E-state index in [0.717, 1.165) is 18.5 Å². The summed E-state index contributed by atoms with van der Waals surface area (Å²) in [7, 11) is 1.97. The van der Waals surface area contributed by atoms with Gasteiger partial charge < -0.3 is 10.0 Å². The molecule has 0 aliphatic heterocycles. The fourth-order valence-corrected chi connectivity index (χ4v) is 2.09. The smallest absolute Gasteiger partial charge is 0.315 e. The summed E-state index contributed by atoms with van der Waals surface area (Å²) < 4.78 is 0. The maximum Gasteiger partial charge on any atom is 0.315 e. The van der Waals surface area contributed by atoms with Gasteiger partial charge in [-0.1, -0.05) is 37.3 Å². The summed E-state index contributed by atoms with van der Waals surface area (Å²) >= 11 is 0. The van der Waals surface area contributed by atoms with Gasteiger partial charge in [-0.2, -0.15) is 0 Å². The first kappa shape index (κ1) is 13.7. The van der Waals surface area contributed by atoms with E-state index in [9.17, 15) is 9.90 Å². The van der Waals surface area contributed by atoms with Gasteiger partial charge in [-0.05, 0) is 32.5 Å². The molecule has 1 rings (SSSR count). The molecule has 0 radical (unpaired) electrons. The first-order valence-corrected chi connectivity index (χ1v) is 5.98. The molecular weight excluding hydrogens is 214 g/mol. The lowest BCUT2D eigenvalue weighted by atomic mass is 9.82. The molecule has 1 aromatic carbocycles. The number of carboxylic acid groups (broad SMARTS) is 1. The van der Waals surface area contributed by atoms with Crippen molar-refractivity contribution in [1.29, 1.82) is 0 Å². The molecule has 1 unspecified atom stereocenters. The minimum absolute atomic E-state index is 0.528. The highest BCUT2D eigenvalue weighted by Crippen LogP contribution is 2.25. The Morgan fingerprint density at radius 2 is 1.94 bits per heavy atom. The minimum atomic E-state index is -0.842. The van der Waals surface area contributed by atoms with Crippen molar-refractivity contribution in [3.63, 3.8) is 0 Å². The summed E-state index contributed by atoms with van der Waals surface area (Å²) in [6, 6.07) is 9.44. The van der Waals surface area contributed by atoms with Gasteiger partial charge in [0.1, 0.15) is 5.41 Å². The first-order chi connectivity index (χ1) is 8.00. The minimum Gasteiger partial charge on any atom is -0.481 e. The Labute approximate surface area is 103 Å². The lowest BCUT2D eigenvalue weighted by Crippen LogP contribution is -2.43. The summed E-state index contributed by atoms with van der Waals surface area (Å²) in [5, 5.41) is 9.48. The number of benzene rings is 1. The van der Waals surface area contributed by atoms with Crippen LogP contribution in [0, 0.1) is 0 Å². The lowest BCUT2D eigenvalue weighted by molar-refractivity contribution is -0.143. The highest BCUT2D eigenvalue weighted by Gasteiger charge is 2.35. The van der Waals surface area contributed by atoms with Crippen molar-refractivity contribution in [3.05, 3.63) is 35.9 Å². The highest BCUT2D eigenvalue weighted by atomic mass is 16.4. The van der Waals surface area contributed by atoms with Crippen molar-refractivity contribution in [2.24, 2.45) is 0 Å². The van der Waals surface area contributed by atoms with Gasteiger partial charge in [0.15, 0.2) is 0 Å². The number of rotatable bonds is 6. The zero-order valence-corrected chi connectivity index (χ0v) is 10.8. The summed E-state index contributed by atoms with van der Waals surface area (Å²) in [6.07, 6.45) is 1.03. The maximum atomic E-state index is 11.5. The van der Waals surface area contributed by atoms with Crippen molar-refractivity contribution in [3.8, 4) is 0 Å². The van der Waals surface area contributed by atoms with Gasteiger partial charge in [-0.25, -0.2) is 0 Å². The topological polar surface area (TPSA) is 40.5 Å². The van der Waals surface area contributed by atoms with Gasteiger partial charge >= 0.3 is 5.97 Å². The summed E-state index contributed by atoms with van der Waals surface area (Å²) in [5.74, 6) is -0.772. The van der Waals surface area contributed by atoms with Crippen LogP contribution in [-0.2, 0) is 10.2 Å². The average molecular weight is 235 g/mol. The molecule has 0 aromatic heterocycles. The molecule has 3 nitrogen and oxygen atoms in total. The Bertz CT molecular complexity index is 364. The molecule has 1 aromatic rings. The van der Waals surface area contributed by atoms with Crippen LogP contribution in [0.2, 0.25) is 0 Å². The molecule has 1 N–H and O–H groups in total. The predicted octanol–water partition coefficient (Wildman–Crippen LogP) is 2.37. The predicted molar refractivity (Wildman–Crippen MR) is 69.2 cm³/mol. The average Bonchev–Trinajstić information content (AvgIpc) is 2.30. The maximum absolute atomic E-state index is 11.5. The lowest BCUT2D eigenvalue weighted by Gasteiger charge is -2.30. The standard InChI is InChI=1S/C14H21NO2/c1-4-10-15(3)11-14(2,13(16)17)12-8-6-5-7-9-12/h5-9H,4,10-11H2,1-3H3,(H,16,17). The van der Waals surface area contributed by atoms with Crippen molar-refractivity contribution in [2.45, 2.75) is 25.7 Å². The second-order valence-corrected chi connectivity index (χ2v) is 4.74. The first-order valence-electron chi connectivity index (χ1n) is 5.98. The molecular formula is C14H21NO2. The molecule has 17 heavy (non-hydrogen) atoms. The van der Waals surface area contributed by atoms with E-state index in [4.69, 9.17) is 0 Å². The van der Waals surface area contributed by atoms with Crippen LogP contribution in [0.15, 0.2) is 30.3 Å². The van der Waals surface area contributed by atoms with Crippen LogP contribution < -0.4 is 0 Å². The number of nitrogens with zero attached hydrogens (tertiary/aromatic N) is 1. The van der Waals surface area contributed by atoms with Crippen LogP contribution >= 0.6 is 0 Å². The number of carbonyl (C=O) groups is 1. The zero-order chi connectivity index (χ0) is 12.9. The molecule has 0 aliphatic rings. The molecule has 0 aliphatic carbocycles. The monoisotopic (exact) mass is 235 g/mol. The number of likely N-dealkylation sites (N-methyl/N-ethyl adjacent to an activating group) is 1. The number of hydrogen-bond acceptors (Lipinski definition) is 2. The number of hydrogen-bond donors (Lipinski definition) is 1. The van der Waals surface area contributed by atoms with Crippen molar-refractivity contribution in [2.75, 3.05) is 20.1 Å². The van der Waals surface area contributed by atoms with Crippen LogP contribution in [-0.4, -0.2) is 36.1 Å². The molecule has 1 atom stereocenters. The zero-order valence-electron chi connectivity index (χ0n) is 10.8. The Hall–Kier alpha value is -1.35. The van der Waals surface area contributed by atoms with E-state index in [1.165, 1.54) is 0 Å². The fraction of sp³-hybridized carbons (Fsp3) is 0.500. The molecule has 94 valence electrons. The number of aliphatic carboxylic acids is 1. The molecule has 3 heteroatoms. The Morgan fingerprint density at radius 1 is 1.35 bits per heavy atom. The summed E-state index contributed by atoms with van der Waals surface area (Å²) in [4.78, 5) is 13.6. The van der Waals surface area contributed by atoms with Crippen LogP contribution in [0.1, 0.15) is 25.8 Å². The summed E-state index contributed by atoms with van der Waals surface area (Å²) in [6.45, 7) is 5.32. The second-order valence-electron chi connectivity index (χ2n) is 4.74. The van der Waals surface area contributed by atoms with E-state index >= 15 is 0 Å². The highest BCUT2D eigenvalue weighted by molar-refractivity contribution is 5.81. The van der Waals surface area contributed by atoms with Gasteiger partial charge in [0.25, 0.3) is 0 Å². The third kappa shape index (κ3) is 3.30. The third-order valence-electron chi connectivity index (χ3n) is 3.07. The molecule has 0 saturated carbocycles. The van der Waals surface area contributed by atoms with E-state index in [1.54, 1.807) is 6.92 Å². The SMILES string of the molecule is CCCN(C)CC(C)(C(=O)O)c1ccccc1. The largest absolute Gasteiger partial charge is 0.481 e. The fourth-order valence-electron chi connectivity index (χ4n) is 2.09. The Kier molecular flexibility index (Phi) is 4.70. The van der Waals surface area contributed by atoms with E-state index in [0.29, 0.717) is 6.54 Å². The molecule has 0 fully saturated rings. The number of carboxylic acids is 1. The van der Waals surface area contributed by atoms with Gasteiger partial charge in [0.05, 0.1) is 0 Å². The Morgan fingerprint density at radius 3 is 2.41 bits per heavy atom. The molecule has 0 amide bonds. The third-order valence-corrected chi connectivity index (χ3v) is 3.07.